The first kappa shape index (κ1) is 14.4. The van der Waals surface area contributed by atoms with Gasteiger partial charge in [-0.15, -0.1) is 0 Å². The van der Waals surface area contributed by atoms with Crippen LogP contribution in [0.15, 0.2) is 18.2 Å². The Morgan fingerprint density at radius 3 is 2.40 bits per heavy atom. The predicted molar refractivity (Wildman–Crippen MR) is 65.4 cm³/mol. The van der Waals surface area contributed by atoms with Crippen LogP contribution in [0.3, 0.4) is 0 Å². The summed E-state index contributed by atoms with van der Waals surface area (Å²) in [6, 6.07) is 2.79. The zero-order valence-corrected chi connectivity index (χ0v) is 10.7. The number of carboxylic acids is 1. The van der Waals surface area contributed by atoms with Crippen molar-refractivity contribution in [2.24, 2.45) is 11.8 Å². The summed E-state index contributed by atoms with van der Waals surface area (Å²) in [5, 5.41) is 13.3. The van der Waals surface area contributed by atoms with E-state index in [-0.39, 0.29) is 5.69 Å². The molecule has 1 saturated carbocycles. The molecule has 0 radical (unpaired) electrons. The van der Waals surface area contributed by atoms with Crippen LogP contribution in [0.2, 0.25) is 0 Å². The molecule has 0 unspecified atom stereocenters. The Morgan fingerprint density at radius 1 is 1.15 bits per heavy atom. The number of rotatable bonds is 3. The van der Waals surface area contributed by atoms with Crippen molar-refractivity contribution in [3.8, 4) is 0 Å². The van der Waals surface area contributed by atoms with Gasteiger partial charge in [-0.25, -0.2) is 8.78 Å². The molecule has 1 aliphatic carbocycles. The van der Waals surface area contributed by atoms with Crippen LogP contribution in [0.5, 0.6) is 0 Å². The van der Waals surface area contributed by atoms with Gasteiger partial charge in [0.2, 0.25) is 5.91 Å². The number of nitrogens with one attached hydrogen (secondary N) is 1. The minimum atomic E-state index is -1.26. The molecule has 0 aromatic heterocycles. The highest BCUT2D eigenvalue weighted by atomic mass is 19.1. The minimum Gasteiger partial charge on any atom is -0.550 e. The Hall–Kier alpha value is -1.98. The van der Waals surface area contributed by atoms with E-state index in [9.17, 15) is 23.5 Å². The molecule has 2 rings (SSSR count). The van der Waals surface area contributed by atoms with E-state index in [0.29, 0.717) is 18.9 Å². The molecule has 1 aromatic carbocycles. The van der Waals surface area contributed by atoms with Gasteiger partial charge in [-0.1, -0.05) is 12.8 Å². The lowest BCUT2D eigenvalue weighted by Gasteiger charge is -2.31. The normalized spacial score (nSPS) is 22.3. The maximum Gasteiger partial charge on any atom is 0.228 e. The van der Waals surface area contributed by atoms with Crippen LogP contribution < -0.4 is 10.4 Å². The molecule has 0 heterocycles. The maximum atomic E-state index is 13.5. The molecule has 6 heteroatoms. The highest BCUT2D eigenvalue weighted by Crippen LogP contribution is 2.31. The van der Waals surface area contributed by atoms with Crippen molar-refractivity contribution in [3.63, 3.8) is 0 Å². The van der Waals surface area contributed by atoms with Crippen LogP contribution in [0.25, 0.3) is 0 Å². The molecule has 20 heavy (non-hydrogen) atoms. The van der Waals surface area contributed by atoms with Crippen molar-refractivity contribution in [1.82, 2.24) is 0 Å². The predicted octanol–water partition coefficient (Wildman–Crippen LogP) is 1.46. The fraction of sp³-hybridized carbons (Fsp3) is 0.429. The number of anilines is 1. The molecule has 1 amide bonds. The summed E-state index contributed by atoms with van der Waals surface area (Å²) >= 11 is 0. The molecule has 1 N–H and O–H groups in total. The first-order chi connectivity index (χ1) is 9.49. The average molecular weight is 282 g/mol. The van der Waals surface area contributed by atoms with Gasteiger partial charge >= 0.3 is 0 Å². The van der Waals surface area contributed by atoms with E-state index in [0.717, 1.165) is 25.0 Å². The highest BCUT2D eigenvalue weighted by Gasteiger charge is 2.32. The Bertz CT molecular complexity index is 533. The molecule has 0 spiro atoms. The van der Waals surface area contributed by atoms with Crippen molar-refractivity contribution >= 4 is 17.6 Å². The standard InChI is InChI=1S/C14H15F2NO3/c15-8-5-6-12(11(16)7-8)17-13(18)9-3-1-2-4-10(9)14(19)20/h5-7,9-10H,1-4H2,(H,17,18)(H,19,20)/p-1/t9-,10-/m1/s1. The second-order valence-corrected chi connectivity index (χ2v) is 4.93. The molecule has 1 fully saturated rings. The van der Waals surface area contributed by atoms with Gasteiger partial charge in [0.1, 0.15) is 11.6 Å². The third kappa shape index (κ3) is 3.12. The minimum absolute atomic E-state index is 0.154. The van der Waals surface area contributed by atoms with Crippen molar-refractivity contribution in [2.45, 2.75) is 25.7 Å². The third-order valence-electron chi connectivity index (χ3n) is 3.59. The second kappa shape index (κ2) is 5.98. The molecule has 108 valence electrons. The van der Waals surface area contributed by atoms with Crippen LogP contribution in [-0.2, 0) is 9.59 Å². The van der Waals surface area contributed by atoms with Gasteiger partial charge in [0.15, 0.2) is 0 Å². The first-order valence-electron chi connectivity index (χ1n) is 6.46. The number of aliphatic carboxylic acids is 1. The molecule has 0 aliphatic heterocycles. The van der Waals surface area contributed by atoms with Gasteiger partial charge in [0.05, 0.1) is 5.69 Å². The molecule has 1 aliphatic rings. The summed E-state index contributed by atoms with van der Waals surface area (Å²) in [5.74, 6) is -5.05. The van der Waals surface area contributed by atoms with E-state index in [1.165, 1.54) is 0 Å². The topological polar surface area (TPSA) is 69.2 Å². The summed E-state index contributed by atoms with van der Waals surface area (Å²) in [5.41, 5.74) is -0.154. The molecular formula is C14H14F2NO3-. The van der Waals surface area contributed by atoms with Crippen LogP contribution in [-0.4, -0.2) is 11.9 Å². The number of benzene rings is 1. The molecule has 0 saturated heterocycles. The largest absolute Gasteiger partial charge is 0.550 e. The number of carbonyl (C=O) groups excluding carboxylic acids is 2. The van der Waals surface area contributed by atoms with E-state index < -0.39 is 35.3 Å². The zero-order valence-electron chi connectivity index (χ0n) is 10.7. The lowest BCUT2D eigenvalue weighted by Crippen LogP contribution is -2.42. The summed E-state index contributed by atoms with van der Waals surface area (Å²) < 4.78 is 26.2. The fourth-order valence-electron chi connectivity index (χ4n) is 2.54. The van der Waals surface area contributed by atoms with Gasteiger partial charge in [0, 0.05) is 23.9 Å². The van der Waals surface area contributed by atoms with E-state index >= 15 is 0 Å². The monoisotopic (exact) mass is 282 g/mol. The Balaban J connectivity index is 2.12. The molecular weight excluding hydrogens is 268 g/mol. The number of hydrogen-bond acceptors (Lipinski definition) is 3. The van der Waals surface area contributed by atoms with Crippen molar-refractivity contribution < 1.29 is 23.5 Å². The first-order valence-corrected chi connectivity index (χ1v) is 6.46. The van der Waals surface area contributed by atoms with Crippen molar-refractivity contribution in [2.75, 3.05) is 5.32 Å². The molecule has 1 aromatic rings. The molecule has 2 atom stereocenters. The summed E-state index contributed by atoms with van der Waals surface area (Å²) in [6.45, 7) is 0. The average Bonchev–Trinajstić information content (AvgIpc) is 2.41. The number of carboxylic acid groups (broad SMARTS) is 1. The van der Waals surface area contributed by atoms with Crippen LogP contribution in [0.4, 0.5) is 14.5 Å². The lowest BCUT2D eigenvalue weighted by molar-refractivity contribution is -0.313. The molecule has 0 bridgehead atoms. The summed E-state index contributed by atoms with van der Waals surface area (Å²) in [6.07, 6.45) is 2.28. The van der Waals surface area contributed by atoms with E-state index in [4.69, 9.17) is 0 Å². The number of hydrogen-bond donors (Lipinski definition) is 1. The van der Waals surface area contributed by atoms with Crippen molar-refractivity contribution in [3.05, 3.63) is 29.8 Å². The fourth-order valence-corrected chi connectivity index (χ4v) is 2.54. The summed E-state index contributed by atoms with van der Waals surface area (Å²) in [4.78, 5) is 23.1. The number of carbonyl (C=O) groups is 2. The third-order valence-corrected chi connectivity index (χ3v) is 3.59. The Kier molecular flexibility index (Phi) is 4.32. The van der Waals surface area contributed by atoms with Gasteiger partial charge in [-0.05, 0) is 25.0 Å². The lowest BCUT2D eigenvalue weighted by atomic mass is 9.78. The zero-order chi connectivity index (χ0) is 14.7. The SMILES string of the molecule is O=C([O-])[C@@H]1CCCC[C@H]1C(=O)Nc1ccc(F)cc1F. The van der Waals surface area contributed by atoms with E-state index in [2.05, 4.69) is 5.32 Å². The number of halogens is 2. The maximum absolute atomic E-state index is 13.5. The van der Waals surface area contributed by atoms with Crippen LogP contribution in [0.1, 0.15) is 25.7 Å². The van der Waals surface area contributed by atoms with Gasteiger partial charge < -0.3 is 15.2 Å². The summed E-state index contributed by atoms with van der Waals surface area (Å²) in [7, 11) is 0. The van der Waals surface area contributed by atoms with Crippen LogP contribution in [0, 0.1) is 23.5 Å². The Labute approximate surface area is 114 Å². The van der Waals surface area contributed by atoms with Gasteiger partial charge in [-0.3, -0.25) is 4.79 Å². The number of amides is 1. The second-order valence-electron chi connectivity index (χ2n) is 4.93. The van der Waals surface area contributed by atoms with Gasteiger partial charge in [0.25, 0.3) is 0 Å². The van der Waals surface area contributed by atoms with Crippen LogP contribution >= 0.6 is 0 Å². The molecule has 4 nitrogen and oxygen atoms in total. The highest BCUT2D eigenvalue weighted by molar-refractivity contribution is 5.95. The van der Waals surface area contributed by atoms with E-state index in [1.54, 1.807) is 0 Å². The van der Waals surface area contributed by atoms with E-state index in [1.807, 2.05) is 0 Å². The van der Waals surface area contributed by atoms with Crippen molar-refractivity contribution in [1.29, 1.82) is 0 Å². The van der Waals surface area contributed by atoms with Gasteiger partial charge in [-0.2, -0.15) is 0 Å². The quantitative estimate of drug-likeness (QED) is 0.912. The Morgan fingerprint density at radius 2 is 1.80 bits per heavy atom. The smallest absolute Gasteiger partial charge is 0.228 e.